The molecule has 3 aromatic rings. The lowest BCUT2D eigenvalue weighted by Gasteiger charge is -2.04. The number of anilines is 1. The number of nitrogens with one attached hydrogen (secondary N) is 1. The minimum absolute atomic E-state index is 0.0508. The van der Waals surface area contributed by atoms with Gasteiger partial charge in [0, 0.05) is 11.3 Å². The van der Waals surface area contributed by atoms with E-state index < -0.39 is 5.82 Å². The van der Waals surface area contributed by atoms with Gasteiger partial charge in [0.15, 0.2) is 0 Å². The summed E-state index contributed by atoms with van der Waals surface area (Å²) in [7, 11) is 0. The summed E-state index contributed by atoms with van der Waals surface area (Å²) in [6.07, 6.45) is 0. The van der Waals surface area contributed by atoms with Gasteiger partial charge in [0.05, 0.1) is 10.8 Å². The van der Waals surface area contributed by atoms with Crippen molar-refractivity contribution in [3.8, 4) is 11.5 Å². The normalized spacial score (nSPS) is 10.7. The fourth-order valence-electron chi connectivity index (χ4n) is 2.06. The van der Waals surface area contributed by atoms with E-state index in [1.807, 2.05) is 31.2 Å². The molecule has 0 atom stereocenters. The quantitative estimate of drug-likeness (QED) is 0.660. The van der Waals surface area contributed by atoms with Crippen LogP contribution < -0.4 is 5.32 Å². The smallest absolute Gasteiger partial charge is 0.277 e. The van der Waals surface area contributed by atoms with Crippen LogP contribution in [0.25, 0.3) is 11.5 Å². The highest BCUT2D eigenvalue weighted by Crippen LogP contribution is 2.24. The number of rotatable bonds is 5. The zero-order chi connectivity index (χ0) is 17.8. The first-order valence-corrected chi connectivity index (χ1v) is 8.66. The van der Waals surface area contributed by atoms with E-state index in [0.717, 1.165) is 22.9 Å². The molecular weight excluding hydrogens is 365 g/mol. The molecule has 0 spiro atoms. The molecule has 1 N–H and O–H groups in total. The van der Waals surface area contributed by atoms with E-state index in [4.69, 9.17) is 16.0 Å². The van der Waals surface area contributed by atoms with Crippen molar-refractivity contribution in [2.45, 2.75) is 12.1 Å². The predicted octanol–water partition coefficient (Wildman–Crippen LogP) is 4.57. The Bertz CT molecular complexity index is 916. The van der Waals surface area contributed by atoms with Gasteiger partial charge in [-0.05, 0) is 37.3 Å². The number of amides is 1. The second-order valence-corrected chi connectivity index (χ2v) is 6.54. The zero-order valence-corrected chi connectivity index (χ0v) is 14.7. The Balaban J connectivity index is 1.58. The highest BCUT2D eigenvalue weighted by molar-refractivity contribution is 7.99. The molecule has 0 saturated carbocycles. The van der Waals surface area contributed by atoms with Gasteiger partial charge in [-0.15, -0.1) is 10.2 Å². The third kappa shape index (κ3) is 4.58. The molecule has 0 aliphatic heterocycles. The molecule has 3 rings (SSSR count). The summed E-state index contributed by atoms with van der Waals surface area (Å²) in [4.78, 5) is 11.9. The third-order valence-electron chi connectivity index (χ3n) is 3.20. The van der Waals surface area contributed by atoms with Crippen LogP contribution in [0.5, 0.6) is 0 Å². The average Bonchev–Trinajstić information content (AvgIpc) is 3.05. The molecule has 25 heavy (non-hydrogen) atoms. The summed E-state index contributed by atoms with van der Waals surface area (Å²) < 4.78 is 18.6. The Morgan fingerprint density at radius 3 is 2.88 bits per heavy atom. The second kappa shape index (κ2) is 7.67. The first-order chi connectivity index (χ1) is 12.0. The third-order valence-corrected chi connectivity index (χ3v) is 4.31. The van der Waals surface area contributed by atoms with Crippen LogP contribution in [0.3, 0.4) is 0 Å². The topological polar surface area (TPSA) is 68.0 Å². The van der Waals surface area contributed by atoms with E-state index in [1.54, 1.807) is 0 Å². The van der Waals surface area contributed by atoms with Gasteiger partial charge in [-0.1, -0.05) is 41.1 Å². The number of carbonyl (C=O) groups is 1. The molecule has 0 unspecified atom stereocenters. The van der Waals surface area contributed by atoms with Crippen molar-refractivity contribution in [2.75, 3.05) is 11.1 Å². The van der Waals surface area contributed by atoms with E-state index in [9.17, 15) is 9.18 Å². The molecule has 1 amide bonds. The minimum atomic E-state index is -0.538. The van der Waals surface area contributed by atoms with E-state index in [2.05, 4.69) is 15.5 Å². The summed E-state index contributed by atoms with van der Waals surface area (Å²) in [6, 6.07) is 11.7. The molecule has 128 valence electrons. The fourth-order valence-corrected chi connectivity index (χ4v) is 2.80. The van der Waals surface area contributed by atoms with Crippen LogP contribution in [0.2, 0.25) is 5.02 Å². The second-order valence-electron chi connectivity index (χ2n) is 5.21. The van der Waals surface area contributed by atoms with Crippen LogP contribution >= 0.6 is 23.4 Å². The highest BCUT2D eigenvalue weighted by Gasteiger charge is 2.12. The maximum absolute atomic E-state index is 13.1. The molecule has 0 aliphatic carbocycles. The van der Waals surface area contributed by atoms with E-state index >= 15 is 0 Å². The summed E-state index contributed by atoms with van der Waals surface area (Å²) in [5.41, 5.74) is 2.33. The van der Waals surface area contributed by atoms with Crippen molar-refractivity contribution < 1.29 is 13.6 Å². The van der Waals surface area contributed by atoms with Crippen LogP contribution in [-0.2, 0) is 4.79 Å². The van der Waals surface area contributed by atoms with Crippen LogP contribution in [0.1, 0.15) is 5.56 Å². The molecule has 0 radical (unpaired) electrons. The highest BCUT2D eigenvalue weighted by atomic mass is 35.5. The number of hydrogen-bond acceptors (Lipinski definition) is 5. The van der Waals surface area contributed by atoms with Crippen molar-refractivity contribution in [1.29, 1.82) is 0 Å². The monoisotopic (exact) mass is 377 g/mol. The number of thioether (sulfide) groups is 1. The number of carbonyl (C=O) groups excluding carboxylic acids is 1. The molecule has 1 heterocycles. The Labute approximate surface area is 152 Å². The van der Waals surface area contributed by atoms with E-state index in [0.29, 0.717) is 16.8 Å². The van der Waals surface area contributed by atoms with Gasteiger partial charge < -0.3 is 9.73 Å². The van der Waals surface area contributed by atoms with Crippen molar-refractivity contribution in [3.05, 3.63) is 58.9 Å². The number of halogens is 2. The van der Waals surface area contributed by atoms with Gasteiger partial charge in [0.1, 0.15) is 5.82 Å². The SMILES string of the molecule is Cc1cccc(-c2nnc(SCC(=O)Nc3ccc(F)c(Cl)c3)o2)c1. The summed E-state index contributed by atoms with van der Waals surface area (Å²) in [5, 5.41) is 10.8. The Kier molecular flexibility index (Phi) is 5.35. The standard InChI is InChI=1S/C17H13ClFN3O2S/c1-10-3-2-4-11(7-10)16-21-22-17(24-16)25-9-15(23)20-12-5-6-14(19)13(18)8-12/h2-8H,9H2,1H3,(H,20,23). The lowest BCUT2D eigenvalue weighted by Crippen LogP contribution is -2.14. The maximum Gasteiger partial charge on any atom is 0.277 e. The minimum Gasteiger partial charge on any atom is -0.411 e. The first-order valence-electron chi connectivity index (χ1n) is 7.29. The number of aromatic nitrogens is 2. The first kappa shape index (κ1) is 17.4. The molecule has 0 saturated heterocycles. The molecule has 1 aromatic heterocycles. The van der Waals surface area contributed by atoms with Gasteiger partial charge >= 0.3 is 0 Å². The van der Waals surface area contributed by atoms with Crippen LogP contribution in [-0.4, -0.2) is 21.9 Å². The molecule has 2 aromatic carbocycles. The van der Waals surface area contributed by atoms with Gasteiger partial charge in [-0.25, -0.2) is 4.39 Å². The average molecular weight is 378 g/mol. The summed E-state index contributed by atoms with van der Waals surface area (Å²) in [6.45, 7) is 1.97. The van der Waals surface area contributed by atoms with Crippen LogP contribution in [0.15, 0.2) is 52.1 Å². The van der Waals surface area contributed by atoms with E-state index in [1.165, 1.54) is 18.2 Å². The Morgan fingerprint density at radius 2 is 2.12 bits per heavy atom. The van der Waals surface area contributed by atoms with Crippen molar-refractivity contribution in [2.24, 2.45) is 0 Å². The molecule has 8 heteroatoms. The summed E-state index contributed by atoms with van der Waals surface area (Å²) in [5.74, 6) is -0.353. The van der Waals surface area contributed by atoms with Crippen LogP contribution in [0.4, 0.5) is 10.1 Å². The Hall–Kier alpha value is -2.38. The predicted molar refractivity (Wildman–Crippen MR) is 95.2 cm³/mol. The Morgan fingerprint density at radius 1 is 1.28 bits per heavy atom. The zero-order valence-electron chi connectivity index (χ0n) is 13.1. The molecular formula is C17H13ClFN3O2S. The van der Waals surface area contributed by atoms with Crippen molar-refractivity contribution in [1.82, 2.24) is 10.2 Å². The molecule has 0 bridgehead atoms. The fraction of sp³-hybridized carbons (Fsp3) is 0.118. The van der Waals surface area contributed by atoms with Gasteiger partial charge in [0.2, 0.25) is 11.8 Å². The maximum atomic E-state index is 13.1. The van der Waals surface area contributed by atoms with Crippen molar-refractivity contribution >= 4 is 35.0 Å². The lowest BCUT2D eigenvalue weighted by molar-refractivity contribution is -0.113. The molecule has 0 aliphatic rings. The number of hydrogen-bond donors (Lipinski definition) is 1. The molecule has 5 nitrogen and oxygen atoms in total. The summed E-state index contributed by atoms with van der Waals surface area (Å²) >= 11 is 6.79. The number of aryl methyl sites for hydroxylation is 1. The number of nitrogens with zero attached hydrogens (tertiary/aromatic N) is 2. The largest absolute Gasteiger partial charge is 0.411 e. The van der Waals surface area contributed by atoms with Crippen molar-refractivity contribution in [3.63, 3.8) is 0 Å². The van der Waals surface area contributed by atoms with Crippen LogP contribution in [0, 0.1) is 12.7 Å². The number of benzene rings is 2. The van der Waals surface area contributed by atoms with Gasteiger partial charge in [-0.2, -0.15) is 0 Å². The lowest BCUT2D eigenvalue weighted by atomic mass is 10.1. The van der Waals surface area contributed by atoms with Gasteiger partial charge in [0.25, 0.3) is 5.22 Å². The van der Waals surface area contributed by atoms with E-state index in [-0.39, 0.29) is 16.7 Å². The molecule has 0 fully saturated rings. The van der Waals surface area contributed by atoms with Gasteiger partial charge in [-0.3, -0.25) is 4.79 Å².